The summed E-state index contributed by atoms with van der Waals surface area (Å²) >= 11 is 0. The number of hydrogen-bond donors (Lipinski definition) is 1. The zero-order chi connectivity index (χ0) is 25.0. The van der Waals surface area contributed by atoms with Crippen LogP contribution in [0.2, 0.25) is 0 Å². The van der Waals surface area contributed by atoms with Gasteiger partial charge in [0.15, 0.2) is 0 Å². The summed E-state index contributed by atoms with van der Waals surface area (Å²) in [5, 5.41) is 19.1. The van der Waals surface area contributed by atoms with Gasteiger partial charge in [0.25, 0.3) is 0 Å². The van der Waals surface area contributed by atoms with Crippen LogP contribution in [0.4, 0.5) is 13.2 Å². The Bertz CT molecular complexity index is 1610. The van der Waals surface area contributed by atoms with Crippen molar-refractivity contribution in [1.82, 2.24) is 39.1 Å². The monoisotopic (exact) mass is 494 g/mol. The highest BCUT2D eigenvalue weighted by Gasteiger charge is 2.35. The van der Waals surface area contributed by atoms with Gasteiger partial charge in [0.2, 0.25) is 0 Å². The van der Waals surface area contributed by atoms with Crippen molar-refractivity contribution in [2.24, 2.45) is 13.0 Å². The summed E-state index contributed by atoms with van der Waals surface area (Å²) in [7, 11) is 1.88. The second kappa shape index (κ2) is 8.18. The van der Waals surface area contributed by atoms with Crippen LogP contribution < -0.4 is 5.69 Å². The van der Waals surface area contributed by atoms with Gasteiger partial charge in [0.05, 0.1) is 23.0 Å². The molecule has 9 nitrogen and oxygen atoms in total. The highest BCUT2D eigenvalue weighted by Crippen LogP contribution is 2.44. The lowest BCUT2D eigenvalue weighted by Crippen LogP contribution is -2.24. The Morgan fingerprint density at radius 1 is 1.19 bits per heavy atom. The van der Waals surface area contributed by atoms with Crippen LogP contribution >= 0.6 is 0 Å². The molecule has 184 valence electrons. The zero-order valence-electron chi connectivity index (χ0n) is 19.1. The van der Waals surface area contributed by atoms with Gasteiger partial charge >= 0.3 is 11.9 Å². The first kappa shape index (κ1) is 22.3. The van der Waals surface area contributed by atoms with E-state index in [9.17, 15) is 18.0 Å². The largest absolute Gasteiger partial charge is 0.418 e. The third-order valence-electron chi connectivity index (χ3n) is 6.94. The predicted octanol–water partition coefficient (Wildman–Crippen LogP) is 3.95. The third-order valence-corrected chi connectivity index (χ3v) is 6.94. The van der Waals surface area contributed by atoms with E-state index in [1.807, 2.05) is 23.7 Å². The van der Waals surface area contributed by atoms with Gasteiger partial charge in [0, 0.05) is 30.9 Å². The van der Waals surface area contributed by atoms with E-state index in [0.717, 1.165) is 41.1 Å². The topological polar surface area (TPSA) is 98.7 Å². The van der Waals surface area contributed by atoms with Gasteiger partial charge in [-0.1, -0.05) is 6.42 Å². The molecular formula is C24H21F3N8O. The number of fused-ring (bicyclic) bond motifs is 1. The predicted molar refractivity (Wildman–Crippen MR) is 124 cm³/mol. The number of pyridine rings is 1. The smallest absolute Gasteiger partial charge is 0.320 e. The van der Waals surface area contributed by atoms with E-state index in [2.05, 4.69) is 25.6 Å². The quantitative estimate of drug-likeness (QED) is 0.399. The number of aromatic amines is 1. The molecular weight excluding hydrogens is 473 g/mol. The number of aromatic nitrogens is 8. The fraction of sp³-hybridized carbons (Fsp3) is 0.292. The van der Waals surface area contributed by atoms with Crippen molar-refractivity contribution in [3.8, 4) is 16.9 Å². The summed E-state index contributed by atoms with van der Waals surface area (Å²) in [6.45, 7) is 0. The number of imidazole rings is 1. The van der Waals surface area contributed by atoms with Gasteiger partial charge in [-0.25, -0.2) is 4.79 Å². The Morgan fingerprint density at radius 3 is 2.67 bits per heavy atom. The number of nitrogens with zero attached hydrogens (tertiary/aromatic N) is 7. The first-order valence-electron chi connectivity index (χ1n) is 11.5. The number of halogens is 3. The molecule has 6 rings (SSSR count). The zero-order valence-corrected chi connectivity index (χ0v) is 19.1. The van der Waals surface area contributed by atoms with Gasteiger partial charge < -0.3 is 4.57 Å². The van der Waals surface area contributed by atoms with E-state index < -0.39 is 17.4 Å². The summed E-state index contributed by atoms with van der Waals surface area (Å²) in [6.07, 6.45) is 4.33. The number of benzene rings is 1. The Hall–Kier alpha value is -4.22. The van der Waals surface area contributed by atoms with Crippen LogP contribution in [-0.4, -0.2) is 39.1 Å². The van der Waals surface area contributed by atoms with E-state index in [-0.39, 0.29) is 11.4 Å². The summed E-state index contributed by atoms with van der Waals surface area (Å²) in [5.74, 6) is 1.02. The van der Waals surface area contributed by atoms with E-state index >= 15 is 0 Å². The number of nitrogens with one attached hydrogen (secondary N) is 1. The van der Waals surface area contributed by atoms with Gasteiger partial charge in [-0.05, 0) is 54.7 Å². The molecule has 1 aliphatic carbocycles. The Kier molecular flexibility index (Phi) is 5.06. The molecule has 12 heteroatoms. The number of rotatable bonds is 5. The lowest BCUT2D eigenvalue weighted by molar-refractivity contribution is -0.136. The number of aryl methyl sites for hydroxylation is 1. The van der Waals surface area contributed by atoms with Crippen molar-refractivity contribution in [3.05, 3.63) is 82.7 Å². The number of alkyl halides is 3. The normalized spacial score (nSPS) is 15.3. The maximum absolute atomic E-state index is 13.7. The van der Waals surface area contributed by atoms with Crippen molar-refractivity contribution >= 4 is 5.52 Å². The average molecular weight is 494 g/mol. The molecule has 1 atom stereocenters. The molecule has 1 fully saturated rings. The molecule has 1 N–H and O–H groups in total. The van der Waals surface area contributed by atoms with Crippen molar-refractivity contribution in [2.45, 2.75) is 31.4 Å². The van der Waals surface area contributed by atoms with Crippen molar-refractivity contribution in [1.29, 1.82) is 0 Å². The standard InChI is InChI=1S/C24H21F3N8O/c1-33-13-29-31-22(33)21(14-4-2-5-14)16-8-15(19-11-28-32-30-19)9-17(10-16)35-12-20-18(24(25,26)27)6-3-7-34(20)23(35)36/h3,6-14,21H,2,4-5H2,1H3,(H,28,30,32). The Labute approximate surface area is 202 Å². The van der Waals surface area contributed by atoms with Crippen molar-refractivity contribution in [3.63, 3.8) is 0 Å². The van der Waals surface area contributed by atoms with Gasteiger partial charge in [0.1, 0.15) is 17.8 Å². The van der Waals surface area contributed by atoms with Crippen LogP contribution in [0.3, 0.4) is 0 Å². The van der Waals surface area contributed by atoms with E-state index in [1.54, 1.807) is 18.6 Å². The first-order valence-corrected chi connectivity index (χ1v) is 11.5. The van der Waals surface area contributed by atoms with Gasteiger partial charge in [-0.15, -0.1) is 10.2 Å². The summed E-state index contributed by atoms with van der Waals surface area (Å²) < 4.78 is 45.1. The molecule has 4 aromatic heterocycles. The molecule has 5 aromatic rings. The first-order chi connectivity index (χ1) is 17.3. The molecule has 1 saturated carbocycles. The molecule has 36 heavy (non-hydrogen) atoms. The minimum Gasteiger partial charge on any atom is -0.320 e. The van der Waals surface area contributed by atoms with Crippen LogP contribution in [0.15, 0.2) is 60.0 Å². The van der Waals surface area contributed by atoms with Crippen LogP contribution in [-0.2, 0) is 13.2 Å². The maximum Gasteiger partial charge on any atom is 0.418 e. The molecule has 0 aliphatic heterocycles. The maximum atomic E-state index is 13.7. The molecule has 0 radical (unpaired) electrons. The number of hydrogen-bond acceptors (Lipinski definition) is 5. The van der Waals surface area contributed by atoms with Gasteiger partial charge in [-0.2, -0.15) is 28.6 Å². The molecule has 0 spiro atoms. The number of H-pyrrole nitrogens is 1. The molecule has 0 amide bonds. The van der Waals surface area contributed by atoms with Crippen LogP contribution in [0.25, 0.3) is 22.5 Å². The van der Waals surface area contributed by atoms with Gasteiger partial charge in [-0.3, -0.25) is 8.97 Å². The second-order valence-corrected chi connectivity index (χ2v) is 9.09. The van der Waals surface area contributed by atoms with E-state index in [0.29, 0.717) is 22.9 Å². The lowest BCUT2D eigenvalue weighted by atomic mass is 9.72. The SMILES string of the molecule is Cn1cnnc1C(c1cc(-c2cn[nH]n2)cc(-n2cc3c(C(F)(F)F)cccn3c2=O)c1)C1CCC1. The molecule has 1 unspecified atom stereocenters. The van der Waals surface area contributed by atoms with E-state index in [1.165, 1.54) is 23.0 Å². The Morgan fingerprint density at radius 2 is 2.03 bits per heavy atom. The highest BCUT2D eigenvalue weighted by molar-refractivity contribution is 5.65. The fourth-order valence-electron chi connectivity index (χ4n) is 4.96. The Balaban J connectivity index is 1.59. The molecule has 1 aromatic carbocycles. The minimum atomic E-state index is -4.60. The molecule has 4 heterocycles. The van der Waals surface area contributed by atoms with Crippen molar-refractivity contribution < 1.29 is 13.2 Å². The van der Waals surface area contributed by atoms with Crippen molar-refractivity contribution in [2.75, 3.05) is 0 Å². The summed E-state index contributed by atoms with van der Waals surface area (Å²) in [5.41, 5.74) is 0.853. The lowest BCUT2D eigenvalue weighted by Gasteiger charge is -2.33. The third kappa shape index (κ3) is 3.60. The highest BCUT2D eigenvalue weighted by atomic mass is 19.4. The summed E-state index contributed by atoms with van der Waals surface area (Å²) in [6, 6.07) is 7.73. The van der Waals surface area contributed by atoms with Crippen LogP contribution in [0.5, 0.6) is 0 Å². The molecule has 1 aliphatic rings. The summed E-state index contributed by atoms with van der Waals surface area (Å²) in [4.78, 5) is 13.3. The van der Waals surface area contributed by atoms with Crippen LogP contribution in [0.1, 0.15) is 42.1 Å². The average Bonchev–Trinajstić information content (AvgIpc) is 3.56. The fourth-order valence-corrected chi connectivity index (χ4v) is 4.96. The molecule has 0 bridgehead atoms. The second-order valence-electron chi connectivity index (χ2n) is 9.09. The molecule has 0 saturated heterocycles. The van der Waals surface area contributed by atoms with Crippen LogP contribution in [0, 0.1) is 5.92 Å². The minimum absolute atomic E-state index is 0.102. The van der Waals surface area contributed by atoms with E-state index in [4.69, 9.17) is 0 Å².